The minimum atomic E-state index is 0.247. The van der Waals surface area contributed by atoms with Crippen LogP contribution in [0.15, 0.2) is 0 Å². The number of hydrogen-bond acceptors (Lipinski definition) is 2. The van der Waals surface area contributed by atoms with Gasteiger partial charge in [0.2, 0.25) is 5.91 Å². The SMILES string of the molecule is NC(=S)C1CCCN(C(=O)CC2CC2)C1. The fraction of sp³-hybridized carbons (Fsp3) is 0.818. The largest absolute Gasteiger partial charge is 0.393 e. The van der Waals surface area contributed by atoms with Gasteiger partial charge in [-0.05, 0) is 31.6 Å². The standard InChI is InChI=1S/C11H18N2OS/c12-11(15)9-2-1-5-13(7-9)10(14)6-8-3-4-8/h8-9H,1-7H2,(H2,12,15). The van der Waals surface area contributed by atoms with Gasteiger partial charge in [-0.2, -0.15) is 0 Å². The molecule has 84 valence electrons. The Balaban J connectivity index is 1.85. The highest BCUT2D eigenvalue weighted by Crippen LogP contribution is 2.33. The molecule has 0 spiro atoms. The third kappa shape index (κ3) is 2.91. The van der Waals surface area contributed by atoms with Gasteiger partial charge in [-0.3, -0.25) is 4.79 Å². The molecule has 1 heterocycles. The third-order valence-corrected chi connectivity index (χ3v) is 3.67. The summed E-state index contributed by atoms with van der Waals surface area (Å²) >= 11 is 4.99. The number of likely N-dealkylation sites (tertiary alicyclic amines) is 1. The lowest BCUT2D eigenvalue weighted by Gasteiger charge is -2.32. The molecule has 0 aromatic heterocycles. The molecule has 1 unspecified atom stereocenters. The summed E-state index contributed by atoms with van der Waals surface area (Å²) < 4.78 is 0. The van der Waals surface area contributed by atoms with Crippen LogP contribution >= 0.6 is 12.2 Å². The Labute approximate surface area is 96.0 Å². The van der Waals surface area contributed by atoms with Gasteiger partial charge in [0.25, 0.3) is 0 Å². The van der Waals surface area contributed by atoms with Crippen LogP contribution in [0.25, 0.3) is 0 Å². The van der Waals surface area contributed by atoms with E-state index in [0.29, 0.717) is 16.8 Å². The van der Waals surface area contributed by atoms with Gasteiger partial charge in [0.15, 0.2) is 0 Å². The second kappa shape index (κ2) is 4.47. The van der Waals surface area contributed by atoms with Gasteiger partial charge in [-0.15, -0.1) is 0 Å². The van der Waals surface area contributed by atoms with E-state index in [-0.39, 0.29) is 5.92 Å². The van der Waals surface area contributed by atoms with Crippen molar-refractivity contribution in [3.05, 3.63) is 0 Å². The van der Waals surface area contributed by atoms with Crippen molar-refractivity contribution in [1.82, 2.24) is 4.90 Å². The predicted molar refractivity (Wildman–Crippen MR) is 63.4 cm³/mol. The summed E-state index contributed by atoms with van der Waals surface area (Å²) in [4.78, 5) is 14.4. The Kier molecular flexibility index (Phi) is 3.24. The molecule has 1 aliphatic heterocycles. The molecule has 2 rings (SSSR count). The van der Waals surface area contributed by atoms with Crippen molar-refractivity contribution < 1.29 is 4.79 Å². The van der Waals surface area contributed by atoms with Gasteiger partial charge >= 0.3 is 0 Å². The van der Waals surface area contributed by atoms with Crippen LogP contribution in [0.2, 0.25) is 0 Å². The van der Waals surface area contributed by atoms with Crippen LogP contribution in [0.4, 0.5) is 0 Å². The van der Waals surface area contributed by atoms with Crippen molar-refractivity contribution in [3.8, 4) is 0 Å². The van der Waals surface area contributed by atoms with Crippen LogP contribution in [0.3, 0.4) is 0 Å². The number of nitrogens with zero attached hydrogens (tertiary/aromatic N) is 1. The van der Waals surface area contributed by atoms with Crippen molar-refractivity contribution >= 4 is 23.1 Å². The van der Waals surface area contributed by atoms with Gasteiger partial charge in [-0.25, -0.2) is 0 Å². The number of thiocarbonyl (C=S) groups is 1. The maximum Gasteiger partial charge on any atom is 0.222 e. The van der Waals surface area contributed by atoms with E-state index in [1.54, 1.807) is 0 Å². The molecular weight excluding hydrogens is 208 g/mol. The minimum Gasteiger partial charge on any atom is -0.393 e. The second-order valence-electron chi connectivity index (χ2n) is 4.73. The summed E-state index contributed by atoms with van der Waals surface area (Å²) in [5.41, 5.74) is 5.64. The molecule has 1 saturated carbocycles. The maximum absolute atomic E-state index is 11.9. The average molecular weight is 226 g/mol. The minimum absolute atomic E-state index is 0.247. The lowest BCUT2D eigenvalue weighted by molar-refractivity contribution is -0.132. The first-order valence-electron chi connectivity index (χ1n) is 5.74. The molecule has 2 aliphatic rings. The van der Waals surface area contributed by atoms with Gasteiger partial charge < -0.3 is 10.6 Å². The Bertz CT molecular complexity index is 276. The van der Waals surface area contributed by atoms with Crippen LogP contribution < -0.4 is 5.73 Å². The first kappa shape index (κ1) is 10.9. The van der Waals surface area contributed by atoms with Crippen LogP contribution in [0.1, 0.15) is 32.1 Å². The van der Waals surface area contributed by atoms with Crippen molar-refractivity contribution in [2.24, 2.45) is 17.6 Å². The molecule has 0 aromatic carbocycles. The molecule has 0 aromatic rings. The smallest absolute Gasteiger partial charge is 0.222 e. The van der Waals surface area contributed by atoms with Crippen LogP contribution in [0, 0.1) is 11.8 Å². The number of piperidine rings is 1. The molecule has 3 nitrogen and oxygen atoms in total. The molecule has 2 fully saturated rings. The normalized spacial score (nSPS) is 26.4. The number of rotatable bonds is 3. The molecule has 4 heteroatoms. The fourth-order valence-corrected chi connectivity index (χ4v) is 2.33. The number of carbonyl (C=O) groups is 1. The predicted octanol–water partition coefficient (Wildman–Crippen LogP) is 1.31. The van der Waals surface area contributed by atoms with E-state index in [9.17, 15) is 4.79 Å². The summed E-state index contributed by atoms with van der Waals surface area (Å²) in [7, 11) is 0. The fourth-order valence-electron chi connectivity index (χ4n) is 2.13. The Hall–Kier alpha value is -0.640. The summed E-state index contributed by atoms with van der Waals surface area (Å²) in [6, 6.07) is 0. The molecular formula is C11H18N2OS. The third-order valence-electron chi connectivity index (χ3n) is 3.34. The van der Waals surface area contributed by atoms with Crippen LogP contribution in [0.5, 0.6) is 0 Å². The number of hydrogen-bond donors (Lipinski definition) is 1. The lowest BCUT2D eigenvalue weighted by Crippen LogP contribution is -2.43. The van der Waals surface area contributed by atoms with Crippen molar-refractivity contribution in [2.45, 2.75) is 32.1 Å². The van der Waals surface area contributed by atoms with Gasteiger partial charge in [0.05, 0.1) is 4.99 Å². The molecule has 2 N–H and O–H groups in total. The van der Waals surface area contributed by atoms with Crippen molar-refractivity contribution in [1.29, 1.82) is 0 Å². The zero-order valence-corrected chi connectivity index (χ0v) is 9.76. The highest BCUT2D eigenvalue weighted by Gasteiger charge is 2.30. The topological polar surface area (TPSA) is 46.3 Å². The first-order valence-corrected chi connectivity index (χ1v) is 6.14. The summed E-state index contributed by atoms with van der Waals surface area (Å²) in [6.07, 6.45) is 5.29. The van der Waals surface area contributed by atoms with Crippen LogP contribution in [-0.2, 0) is 4.79 Å². The average Bonchev–Trinajstić information content (AvgIpc) is 3.02. The van der Waals surface area contributed by atoms with E-state index >= 15 is 0 Å². The molecule has 1 aliphatic carbocycles. The van der Waals surface area contributed by atoms with Gasteiger partial charge in [0.1, 0.15) is 0 Å². The van der Waals surface area contributed by atoms with E-state index in [0.717, 1.165) is 32.4 Å². The van der Waals surface area contributed by atoms with E-state index < -0.39 is 0 Å². The van der Waals surface area contributed by atoms with Crippen molar-refractivity contribution in [2.75, 3.05) is 13.1 Å². The first-order chi connectivity index (χ1) is 7.16. The molecule has 1 amide bonds. The van der Waals surface area contributed by atoms with Crippen LogP contribution in [-0.4, -0.2) is 28.9 Å². The number of carbonyl (C=O) groups excluding carboxylic acids is 1. The Morgan fingerprint density at radius 1 is 1.40 bits per heavy atom. The number of nitrogens with two attached hydrogens (primary N) is 1. The molecule has 1 atom stereocenters. The Morgan fingerprint density at radius 2 is 2.13 bits per heavy atom. The highest BCUT2D eigenvalue weighted by molar-refractivity contribution is 7.80. The number of amides is 1. The van der Waals surface area contributed by atoms with Crippen molar-refractivity contribution in [3.63, 3.8) is 0 Å². The monoisotopic (exact) mass is 226 g/mol. The van der Waals surface area contributed by atoms with E-state index in [2.05, 4.69) is 0 Å². The lowest BCUT2D eigenvalue weighted by atomic mass is 9.98. The quantitative estimate of drug-likeness (QED) is 0.738. The highest BCUT2D eigenvalue weighted by atomic mass is 32.1. The second-order valence-corrected chi connectivity index (χ2v) is 5.20. The zero-order valence-electron chi connectivity index (χ0n) is 8.95. The molecule has 1 saturated heterocycles. The molecule has 0 radical (unpaired) electrons. The van der Waals surface area contributed by atoms with E-state index in [1.807, 2.05) is 4.90 Å². The van der Waals surface area contributed by atoms with Gasteiger partial charge in [-0.1, -0.05) is 12.2 Å². The zero-order chi connectivity index (χ0) is 10.8. The Morgan fingerprint density at radius 3 is 2.73 bits per heavy atom. The summed E-state index contributed by atoms with van der Waals surface area (Å²) in [5.74, 6) is 1.22. The summed E-state index contributed by atoms with van der Waals surface area (Å²) in [6.45, 7) is 1.64. The van der Waals surface area contributed by atoms with Gasteiger partial charge in [0, 0.05) is 25.4 Å². The van der Waals surface area contributed by atoms with E-state index in [4.69, 9.17) is 18.0 Å². The maximum atomic E-state index is 11.9. The summed E-state index contributed by atoms with van der Waals surface area (Å²) in [5, 5.41) is 0. The van der Waals surface area contributed by atoms with E-state index in [1.165, 1.54) is 12.8 Å². The molecule has 15 heavy (non-hydrogen) atoms. The molecule has 0 bridgehead atoms.